The van der Waals surface area contributed by atoms with E-state index in [2.05, 4.69) is 0 Å². The molecule has 0 heterocycles. The van der Waals surface area contributed by atoms with Gasteiger partial charge in [-0.25, -0.2) is 13.2 Å². The van der Waals surface area contributed by atoms with Crippen molar-refractivity contribution in [2.75, 3.05) is 0 Å². The van der Waals surface area contributed by atoms with Crippen molar-refractivity contribution in [2.45, 2.75) is 32.2 Å². The number of halogens is 3. The molecule has 1 atom stereocenters. The van der Waals surface area contributed by atoms with E-state index in [0.29, 0.717) is 12.0 Å². The van der Waals surface area contributed by atoms with Gasteiger partial charge in [-0.1, -0.05) is 19.8 Å². The molecule has 1 unspecified atom stereocenters. The first-order valence-electron chi connectivity index (χ1n) is 4.96. The standard InChI is InChI=1S/C11H14F3N/c1-2-3-4-10(15)7-5-8(12)11(14)9(13)6-7/h5-6,10H,2-4,15H2,1H3. The van der Waals surface area contributed by atoms with E-state index < -0.39 is 23.5 Å². The van der Waals surface area contributed by atoms with Crippen LogP contribution in [0.1, 0.15) is 37.8 Å². The molecule has 1 aromatic carbocycles. The quantitative estimate of drug-likeness (QED) is 0.769. The predicted molar refractivity (Wildman–Crippen MR) is 52.8 cm³/mol. The molecule has 4 heteroatoms. The Labute approximate surface area is 87.1 Å². The summed E-state index contributed by atoms with van der Waals surface area (Å²) in [7, 11) is 0. The van der Waals surface area contributed by atoms with Gasteiger partial charge in [0.2, 0.25) is 0 Å². The summed E-state index contributed by atoms with van der Waals surface area (Å²) < 4.78 is 38.3. The predicted octanol–water partition coefficient (Wildman–Crippen LogP) is 3.29. The van der Waals surface area contributed by atoms with Crippen molar-refractivity contribution in [1.29, 1.82) is 0 Å². The van der Waals surface area contributed by atoms with E-state index in [1.807, 2.05) is 6.92 Å². The van der Waals surface area contributed by atoms with Crippen LogP contribution in [0.4, 0.5) is 13.2 Å². The van der Waals surface area contributed by atoms with Crippen LogP contribution in [-0.2, 0) is 0 Å². The molecule has 2 N–H and O–H groups in total. The van der Waals surface area contributed by atoms with Gasteiger partial charge in [0.15, 0.2) is 17.5 Å². The molecule has 1 aromatic rings. The van der Waals surface area contributed by atoms with Crippen LogP contribution in [0.15, 0.2) is 12.1 Å². The van der Waals surface area contributed by atoms with Crippen LogP contribution in [0.3, 0.4) is 0 Å². The largest absolute Gasteiger partial charge is 0.324 e. The Kier molecular flexibility index (Phi) is 4.15. The molecule has 84 valence electrons. The van der Waals surface area contributed by atoms with Crippen molar-refractivity contribution >= 4 is 0 Å². The number of hydrogen-bond acceptors (Lipinski definition) is 1. The average molecular weight is 217 g/mol. The van der Waals surface area contributed by atoms with Gasteiger partial charge in [-0.05, 0) is 24.1 Å². The maximum atomic E-state index is 12.9. The van der Waals surface area contributed by atoms with Gasteiger partial charge in [-0.2, -0.15) is 0 Å². The van der Waals surface area contributed by atoms with Gasteiger partial charge >= 0.3 is 0 Å². The summed E-state index contributed by atoms with van der Waals surface area (Å²) in [6.45, 7) is 2.00. The third kappa shape index (κ3) is 2.96. The third-order valence-electron chi connectivity index (χ3n) is 2.30. The van der Waals surface area contributed by atoms with Crippen LogP contribution in [0.25, 0.3) is 0 Å². The highest BCUT2D eigenvalue weighted by Gasteiger charge is 2.14. The van der Waals surface area contributed by atoms with Crippen molar-refractivity contribution in [1.82, 2.24) is 0 Å². The summed E-state index contributed by atoms with van der Waals surface area (Å²) in [5, 5.41) is 0. The van der Waals surface area contributed by atoms with E-state index >= 15 is 0 Å². The van der Waals surface area contributed by atoms with Crippen molar-refractivity contribution in [3.05, 3.63) is 35.1 Å². The van der Waals surface area contributed by atoms with Crippen LogP contribution in [0.5, 0.6) is 0 Å². The van der Waals surface area contributed by atoms with Crippen LogP contribution >= 0.6 is 0 Å². The first kappa shape index (κ1) is 12.0. The van der Waals surface area contributed by atoms with Crippen molar-refractivity contribution in [3.8, 4) is 0 Å². The molecule has 0 fully saturated rings. The molecule has 0 saturated heterocycles. The van der Waals surface area contributed by atoms with Crippen LogP contribution in [0.2, 0.25) is 0 Å². The lowest BCUT2D eigenvalue weighted by Crippen LogP contribution is -2.11. The maximum absolute atomic E-state index is 12.9. The molecule has 1 nitrogen and oxygen atoms in total. The van der Waals surface area contributed by atoms with E-state index in [1.54, 1.807) is 0 Å². The highest BCUT2D eigenvalue weighted by Crippen LogP contribution is 2.21. The Bertz CT molecular complexity index is 316. The molecule has 0 saturated carbocycles. The summed E-state index contributed by atoms with van der Waals surface area (Å²) in [6.07, 6.45) is 2.47. The minimum absolute atomic E-state index is 0.305. The van der Waals surface area contributed by atoms with Gasteiger partial charge in [0.1, 0.15) is 0 Å². The smallest absolute Gasteiger partial charge is 0.194 e. The van der Waals surface area contributed by atoms with Gasteiger partial charge in [-0.3, -0.25) is 0 Å². The van der Waals surface area contributed by atoms with E-state index in [0.717, 1.165) is 25.0 Å². The Hall–Kier alpha value is -1.03. The first-order valence-corrected chi connectivity index (χ1v) is 4.96. The average Bonchev–Trinajstić information content (AvgIpc) is 2.21. The summed E-state index contributed by atoms with van der Waals surface area (Å²) in [5.41, 5.74) is 6.02. The molecule has 0 spiro atoms. The Balaban J connectivity index is 2.86. The van der Waals surface area contributed by atoms with Gasteiger partial charge < -0.3 is 5.73 Å². The molecule has 1 rings (SSSR count). The summed E-state index contributed by atoms with van der Waals surface area (Å²) in [4.78, 5) is 0. The second-order valence-corrected chi connectivity index (χ2v) is 3.55. The van der Waals surface area contributed by atoms with Gasteiger partial charge in [0.05, 0.1) is 0 Å². The fraction of sp³-hybridized carbons (Fsp3) is 0.455. The van der Waals surface area contributed by atoms with Crippen molar-refractivity contribution in [3.63, 3.8) is 0 Å². The monoisotopic (exact) mass is 217 g/mol. The fourth-order valence-electron chi connectivity index (χ4n) is 1.38. The topological polar surface area (TPSA) is 26.0 Å². The fourth-order valence-corrected chi connectivity index (χ4v) is 1.38. The van der Waals surface area contributed by atoms with Gasteiger partial charge in [0, 0.05) is 6.04 Å². The van der Waals surface area contributed by atoms with E-state index in [4.69, 9.17) is 5.73 Å². The van der Waals surface area contributed by atoms with Gasteiger partial charge in [-0.15, -0.1) is 0 Å². The minimum atomic E-state index is -1.44. The highest BCUT2D eigenvalue weighted by atomic mass is 19.2. The Morgan fingerprint density at radius 1 is 1.20 bits per heavy atom. The van der Waals surface area contributed by atoms with Crippen LogP contribution in [0, 0.1) is 17.5 Å². The summed E-state index contributed by atoms with van der Waals surface area (Å²) in [5.74, 6) is -3.81. The third-order valence-corrected chi connectivity index (χ3v) is 2.30. The second-order valence-electron chi connectivity index (χ2n) is 3.55. The lowest BCUT2D eigenvalue weighted by atomic mass is 10.0. The highest BCUT2D eigenvalue weighted by molar-refractivity contribution is 5.22. The molecule has 0 aromatic heterocycles. The second kappa shape index (κ2) is 5.16. The lowest BCUT2D eigenvalue weighted by Gasteiger charge is -2.11. The number of hydrogen-bond donors (Lipinski definition) is 1. The van der Waals surface area contributed by atoms with Crippen molar-refractivity contribution < 1.29 is 13.2 Å². The van der Waals surface area contributed by atoms with Crippen LogP contribution < -0.4 is 5.73 Å². The number of benzene rings is 1. The lowest BCUT2D eigenvalue weighted by molar-refractivity contribution is 0.442. The molecule has 0 aliphatic heterocycles. The Morgan fingerprint density at radius 2 is 1.73 bits per heavy atom. The first-order chi connectivity index (χ1) is 7.06. The summed E-state index contributed by atoms with van der Waals surface area (Å²) in [6, 6.07) is 1.48. The van der Waals surface area contributed by atoms with Crippen LogP contribution in [-0.4, -0.2) is 0 Å². The molecule has 0 aliphatic carbocycles. The van der Waals surface area contributed by atoms with E-state index in [1.165, 1.54) is 0 Å². The number of unbranched alkanes of at least 4 members (excludes halogenated alkanes) is 1. The SMILES string of the molecule is CCCCC(N)c1cc(F)c(F)c(F)c1. The zero-order chi connectivity index (χ0) is 11.4. The molecule has 0 bridgehead atoms. The minimum Gasteiger partial charge on any atom is -0.324 e. The molecule has 0 amide bonds. The zero-order valence-electron chi connectivity index (χ0n) is 8.56. The van der Waals surface area contributed by atoms with E-state index in [9.17, 15) is 13.2 Å². The van der Waals surface area contributed by atoms with E-state index in [-0.39, 0.29) is 0 Å². The summed E-state index contributed by atoms with van der Waals surface area (Å²) >= 11 is 0. The molecule has 15 heavy (non-hydrogen) atoms. The van der Waals surface area contributed by atoms with Gasteiger partial charge in [0.25, 0.3) is 0 Å². The molecular formula is C11H14F3N. The molecular weight excluding hydrogens is 203 g/mol. The molecule has 0 aliphatic rings. The number of rotatable bonds is 4. The molecule has 0 radical (unpaired) electrons. The van der Waals surface area contributed by atoms with Crippen molar-refractivity contribution in [2.24, 2.45) is 5.73 Å². The Morgan fingerprint density at radius 3 is 2.20 bits per heavy atom. The maximum Gasteiger partial charge on any atom is 0.194 e. The zero-order valence-corrected chi connectivity index (χ0v) is 8.56. The normalized spacial score (nSPS) is 12.9. The number of nitrogens with two attached hydrogens (primary N) is 1.